The molecule has 4 aromatic carbocycles. The highest BCUT2D eigenvalue weighted by molar-refractivity contribution is 5.93. The zero-order valence-electron chi connectivity index (χ0n) is 29.2. The molecule has 10 nitrogen and oxygen atoms in total. The molecule has 0 aliphatic carbocycles. The summed E-state index contributed by atoms with van der Waals surface area (Å²) >= 11 is 0. The Morgan fingerprint density at radius 1 is 0.280 bits per heavy atom. The van der Waals surface area contributed by atoms with Gasteiger partial charge in [0.2, 0.25) is 0 Å². The van der Waals surface area contributed by atoms with Crippen molar-refractivity contribution in [2.75, 3.05) is 119 Å². The molecule has 1 aliphatic heterocycles. The predicted octanol–water partition coefficient (Wildman–Crippen LogP) is 5.68. The molecule has 50 heavy (non-hydrogen) atoms. The highest BCUT2D eigenvalue weighted by Gasteiger charge is 2.10. The van der Waals surface area contributed by atoms with E-state index in [9.17, 15) is 0 Å². The van der Waals surface area contributed by atoms with Crippen molar-refractivity contribution in [3.05, 3.63) is 83.9 Å². The number of rotatable bonds is 0. The molecule has 0 radical (unpaired) electrons. The van der Waals surface area contributed by atoms with Gasteiger partial charge in [-0.1, -0.05) is 60.7 Å². The first-order valence-corrected chi connectivity index (χ1v) is 17.8. The second-order valence-electron chi connectivity index (χ2n) is 11.6. The summed E-state index contributed by atoms with van der Waals surface area (Å²) in [5.41, 5.74) is 2.57. The van der Waals surface area contributed by atoms with Crippen LogP contribution in [0.1, 0.15) is 11.1 Å². The highest BCUT2D eigenvalue weighted by Crippen LogP contribution is 2.34. The van der Waals surface area contributed by atoms with Gasteiger partial charge in [-0.3, -0.25) is 0 Å². The molecule has 4 aromatic rings. The van der Waals surface area contributed by atoms with Crippen molar-refractivity contribution >= 4 is 21.5 Å². The molecular formula is C40H52O10. The second kappa shape index (κ2) is 23.2. The average molecular weight is 693 g/mol. The van der Waals surface area contributed by atoms with Crippen LogP contribution in [0.3, 0.4) is 0 Å². The first kappa shape index (κ1) is 37.9. The third kappa shape index (κ3) is 13.1. The van der Waals surface area contributed by atoms with Crippen LogP contribution in [0.25, 0.3) is 21.5 Å². The molecule has 0 bridgehead atoms. The Balaban J connectivity index is 1.06. The van der Waals surface area contributed by atoms with Crippen molar-refractivity contribution in [2.45, 2.75) is 12.8 Å². The standard InChI is InChI=1S/C40H52O10/c1-5-33-6-2-8-36-14-16-42-18-20-44-22-24-46-26-28-48-30-32-50-38-12-4-10-34-9-3-11-37(40(34)38)49-31-29-47-27-25-45-23-21-43-19-17-41-15-13-35(7-1)39(33)36/h1-12H,13-32H2. The van der Waals surface area contributed by atoms with E-state index in [0.717, 1.165) is 35.1 Å². The van der Waals surface area contributed by atoms with Gasteiger partial charge >= 0.3 is 0 Å². The van der Waals surface area contributed by atoms with Gasteiger partial charge in [-0.05, 0) is 52.3 Å². The van der Waals surface area contributed by atoms with Gasteiger partial charge in [0.1, 0.15) is 24.7 Å². The van der Waals surface area contributed by atoms with Crippen molar-refractivity contribution in [1.82, 2.24) is 0 Å². The predicted molar refractivity (Wildman–Crippen MR) is 193 cm³/mol. The molecule has 1 heterocycles. The molecule has 5 rings (SSSR count). The summed E-state index contributed by atoms with van der Waals surface area (Å²) in [7, 11) is 0. The monoisotopic (exact) mass is 692 g/mol. The Labute approximate surface area is 295 Å². The van der Waals surface area contributed by atoms with Gasteiger partial charge in [0, 0.05) is 0 Å². The van der Waals surface area contributed by atoms with Gasteiger partial charge in [-0.2, -0.15) is 0 Å². The van der Waals surface area contributed by atoms with E-state index < -0.39 is 0 Å². The lowest BCUT2D eigenvalue weighted by Gasteiger charge is -2.14. The molecule has 0 saturated heterocycles. The normalized spacial score (nSPS) is 18.9. The molecule has 0 fully saturated rings. The molecule has 10 heteroatoms. The molecule has 0 atom stereocenters. The summed E-state index contributed by atoms with van der Waals surface area (Å²) < 4.78 is 58.0. The van der Waals surface area contributed by atoms with E-state index in [1.807, 2.05) is 36.4 Å². The van der Waals surface area contributed by atoms with Crippen LogP contribution in [-0.2, 0) is 50.7 Å². The molecular weight excluding hydrogens is 640 g/mol. The lowest BCUT2D eigenvalue weighted by atomic mass is 9.96. The van der Waals surface area contributed by atoms with Crippen LogP contribution in [0.15, 0.2) is 72.8 Å². The van der Waals surface area contributed by atoms with E-state index in [0.29, 0.717) is 119 Å². The van der Waals surface area contributed by atoms with Gasteiger partial charge in [-0.15, -0.1) is 0 Å². The zero-order valence-corrected chi connectivity index (χ0v) is 29.2. The van der Waals surface area contributed by atoms with Crippen LogP contribution in [-0.4, -0.2) is 119 Å². The Morgan fingerprint density at radius 3 is 0.960 bits per heavy atom. The third-order valence-corrected chi connectivity index (χ3v) is 8.14. The van der Waals surface area contributed by atoms with Gasteiger partial charge < -0.3 is 47.4 Å². The van der Waals surface area contributed by atoms with Crippen LogP contribution in [0.5, 0.6) is 11.5 Å². The van der Waals surface area contributed by atoms with E-state index in [4.69, 9.17) is 47.4 Å². The maximum atomic E-state index is 6.08. The second-order valence-corrected chi connectivity index (χ2v) is 11.6. The van der Waals surface area contributed by atoms with Crippen LogP contribution < -0.4 is 9.47 Å². The van der Waals surface area contributed by atoms with Crippen LogP contribution >= 0.6 is 0 Å². The van der Waals surface area contributed by atoms with Gasteiger partial charge in [0.25, 0.3) is 0 Å². The van der Waals surface area contributed by atoms with E-state index in [2.05, 4.69) is 36.4 Å². The summed E-state index contributed by atoms with van der Waals surface area (Å²) in [5.74, 6) is 1.51. The van der Waals surface area contributed by atoms with Crippen LogP contribution in [0.2, 0.25) is 0 Å². The molecule has 0 saturated carbocycles. The largest absolute Gasteiger partial charge is 0.490 e. The maximum Gasteiger partial charge on any atom is 0.130 e. The quantitative estimate of drug-likeness (QED) is 0.229. The van der Waals surface area contributed by atoms with Crippen molar-refractivity contribution in [3.63, 3.8) is 0 Å². The Bertz CT molecular complexity index is 1300. The summed E-state index contributed by atoms with van der Waals surface area (Å²) in [4.78, 5) is 0. The van der Waals surface area contributed by atoms with Crippen molar-refractivity contribution < 1.29 is 47.4 Å². The van der Waals surface area contributed by atoms with Crippen molar-refractivity contribution in [1.29, 1.82) is 0 Å². The molecule has 272 valence electrons. The lowest BCUT2D eigenvalue weighted by molar-refractivity contribution is -0.00444. The minimum Gasteiger partial charge on any atom is -0.490 e. The lowest BCUT2D eigenvalue weighted by Crippen LogP contribution is -2.14. The Kier molecular flexibility index (Phi) is 17.6. The Morgan fingerprint density at radius 2 is 0.580 bits per heavy atom. The fourth-order valence-electron chi connectivity index (χ4n) is 5.74. The highest BCUT2D eigenvalue weighted by atomic mass is 16.6. The minimum atomic E-state index is 0.417. The molecule has 1 aliphatic rings. The van der Waals surface area contributed by atoms with Crippen molar-refractivity contribution in [2.24, 2.45) is 0 Å². The molecule has 0 amide bonds. The third-order valence-electron chi connectivity index (χ3n) is 8.14. The number of benzene rings is 4. The van der Waals surface area contributed by atoms with Crippen LogP contribution in [0.4, 0.5) is 0 Å². The zero-order chi connectivity index (χ0) is 34.3. The first-order valence-electron chi connectivity index (χ1n) is 17.8. The number of ether oxygens (including phenoxy) is 10. The molecule has 0 spiro atoms. The fraction of sp³-hybridized carbons (Fsp3) is 0.500. The number of hydrogen-bond donors (Lipinski definition) is 0. The number of hydrogen-bond acceptors (Lipinski definition) is 10. The first-order chi connectivity index (χ1) is 24.9. The maximum absolute atomic E-state index is 6.08. The van der Waals surface area contributed by atoms with Crippen molar-refractivity contribution in [3.8, 4) is 11.5 Å². The molecule has 0 N–H and O–H groups in total. The summed E-state index contributed by atoms with van der Waals surface area (Å²) in [6.45, 7) is 9.14. The smallest absolute Gasteiger partial charge is 0.130 e. The van der Waals surface area contributed by atoms with E-state index >= 15 is 0 Å². The topological polar surface area (TPSA) is 92.3 Å². The molecule has 0 aromatic heterocycles. The van der Waals surface area contributed by atoms with Gasteiger partial charge in [0.15, 0.2) is 0 Å². The summed E-state index contributed by atoms with van der Waals surface area (Å²) in [6, 6.07) is 24.9. The molecule has 0 unspecified atom stereocenters. The van der Waals surface area contributed by atoms with Gasteiger partial charge in [-0.25, -0.2) is 0 Å². The Hall–Kier alpha value is -3.32. The fourth-order valence-corrected chi connectivity index (χ4v) is 5.74. The SMILES string of the molecule is c1cc2c3c(cccc3c1)CCOCCOCCOCCOCCOc1cccc3cccc(c13)OCCOCCOCCOCCOCC2. The minimum absolute atomic E-state index is 0.417. The van der Waals surface area contributed by atoms with Gasteiger partial charge in [0.05, 0.1) is 111 Å². The summed E-state index contributed by atoms with van der Waals surface area (Å²) in [5, 5.41) is 4.51. The van der Waals surface area contributed by atoms with Crippen LogP contribution in [0, 0.1) is 0 Å². The van der Waals surface area contributed by atoms with E-state index in [1.165, 1.54) is 21.9 Å². The van der Waals surface area contributed by atoms with E-state index in [-0.39, 0.29) is 0 Å². The average Bonchev–Trinajstić information content (AvgIpc) is 3.14. The van der Waals surface area contributed by atoms with E-state index in [1.54, 1.807) is 0 Å². The summed E-state index contributed by atoms with van der Waals surface area (Å²) in [6.07, 6.45) is 1.67.